The number of nitrogens with one attached hydrogen (secondary N) is 1. The first kappa shape index (κ1) is 16.7. The number of ether oxygens (including phenoxy) is 1. The summed E-state index contributed by atoms with van der Waals surface area (Å²) in [6.07, 6.45) is 1.08. The van der Waals surface area contributed by atoms with Crippen molar-refractivity contribution in [1.29, 1.82) is 0 Å². The minimum atomic E-state index is 0.00312. The van der Waals surface area contributed by atoms with Crippen LogP contribution < -0.4 is 10.2 Å². The maximum atomic E-state index is 5.42. The van der Waals surface area contributed by atoms with Crippen molar-refractivity contribution >= 4 is 34.4 Å². The normalized spacial score (nSPS) is 16.1. The van der Waals surface area contributed by atoms with Gasteiger partial charge in [0.25, 0.3) is 0 Å². The van der Waals surface area contributed by atoms with Crippen LogP contribution in [0.2, 0.25) is 0 Å². The van der Waals surface area contributed by atoms with E-state index in [4.69, 9.17) is 14.7 Å². The summed E-state index contributed by atoms with van der Waals surface area (Å²) >= 11 is 2.36. The van der Waals surface area contributed by atoms with Crippen LogP contribution in [-0.2, 0) is 10.2 Å². The predicted octanol–water partition coefficient (Wildman–Crippen LogP) is 3.04. The Labute approximate surface area is 141 Å². The number of aromatic nitrogens is 2. The molecule has 0 radical (unpaired) electrons. The standard InChI is InChI=1S/C15H25IN4O/c1-5-6-17-13-11(16)12(15(2,3)4)18-14(19-13)20-7-9-21-10-8-20/h5-10H2,1-4H3,(H,17,18,19). The second-order valence-corrected chi connectivity index (χ2v) is 7.39. The molecule has 0 amide bonds. The minimum absolute atomic E-state index is 0.00312. The Morgan fingerprint density at radius 3 is 2.48 bits per heavy atom. The van der Waals surface area contributed by atoms with E-state index >= 15 is 0 Å². The number of anilines is 2. The average Bonchev–Trinajstić information content (AvgIpc) is 2.46. The van der Waals surface area contributed by atoms with Crippen molar-refractivity contribution < 1.29 is 4.74 Å². The number of hydrogen-bond donors (Lipinski definition) is 1. The van der Waals surface area contributed by atoms with Crippen molar-refractivity contribution in [2.45, 2.75) is 39.5 Å². The van der Waals surface area contributed by atoms with Crippen molar-refractivity contribution in [2.24, 2.45) is 0 Å². The van der Waals surface area contributed by atoms with Crippen molar-refractivity contribution in [3.05, 3.63) is 9.26 Å². The van der Waals surface area contributed by atoms with E-state index in [1.54, 1.807) is 0 Å². The fourth-order valence-corrected chi connectivity index (χ4v) is 3.44. The SMILES string of the molecule is CCCNc1nc(N2CCOCC2)nc(C(C)(C)C)c1I. The van der Waals surface area contributed by atoms with Crippen molar-refractivity contribution in [2.75, 3.05) is 43.1 Å². The van der Waals surface area contributed by atoms with Gasteiger partial charge in [0.05, 0.1) is 22.5 Å². The third-order valence-corrected chi connectivity index (χ3v) is 4.41. The van der Waals surface area contributed by atoms with Gasteiger partial charge in [-0.1, -0.05) is 27.7 Å². The zero-order chi connectivity index (χ0) is 15.5. The van der Waals surface area contributed by atoms with Crippen LogP contribution in [-0.4, -0.2) is 42.8 Å². The lowest BCUT2D eigenvalue weighted by Crippen LogP contribution is -2.38. The Balaban J connectivity index is 2.39. The number of halogens is 1. The molecule has 2 heterocycles. The maximum Gasteiger partial charge on any atom is 0.227 e. The van der Waals surface area contributed by atoms with Crippen LogP contribution in [0.3, 0.4) is 0 Å². The molecule has 0 bridgehead atoms. The van der Waals surface area contributed by atoms with Gasteiger partial charge < -0.3 is 15.0 Å². The zero-order valence-corrected chi connectivity index (χ0v) is 15.5. The smallest absolute Gasteiger partial charge is 0.227 e. The largest absolute Gasteiger partial charge is 0.378 e. The Morgan fingerprint density at radius 2 is 1.90 bits per heavy atom. The lowest BCUT2D eigenvalue weighted by molar-refractivity contribution is 0.122. The molecule has 5 nitrogen and oxygen atoms in total. The fourth-order valence-electron chi connectivity index (χ4n) is 2.20. The van der Waals surface area contributed by atoms with Crippen molar-refractivity contribution in [3.8, 4) is 0 Å². The van der Waals surface area contributed by atoms with E-state index in [0.29, 0.717) is 0 Å². The van der Waals surface area contributed by atoms with Crippen molar-refractivity contribution in [1.82, 2.24) is 9.97 Å². The third-order valence-electron chi connectivity index (χ3n) is 3.39. The summed E-state index contributed by atoms with van der Waals surface area (Å²) in [6, 6.07) is 0. The van der Waals surface area contributed by atoms with Crippen LogP contribution in [0.15, 0.2) is 0 Å². The summed E-state index contributed by atoms with van der Waals surface area (Å²) in [5.74, 6) is 1.78. The summed E-state index contributed by atoms with van der Waals surface area (Å²) < 4.78 is 6.55. The average molecular weight is 404 g/mol. The monoisotopic (exact) mass is 404 g/mol. The Kier molecular flexibility index (Phi) is 5.65. The van der Waals surface area contributed by atoms with E-state index in [-0.39, 0.29) is 5.41 Å². The van der Waals surface area contributed by atoms with Crippen LogP contribution in [0.1, 0.15) is 39.8 Å². The molecule has 0 unspecified atom stereocenters. The first-order valence-electron chi connectivity index (χ1n) is 7.58. The van der Waals surface area contributed by atoms with Gasteiger partial charge in [0.2, 0.25) is 5.95 Å². The first-order chi connectivity index (χ1) is 9.93. The Hall–Kier alpha value is -0.630. The summed E-state index contributed by atoms with van der Waals surface area (Å²) in [5, 5.41) is 3.44. The summed E-state index contributed by atoms with van der Waals surface area (Å²) in [6.45, 7) is 12.9. The van der Waals surface area contributed by atoms with Gasteiger partial charge in [0, 0.05) is 25.0 Å². The molecular formula is C15H25IN4O. The highest BCUT2D eigenvalue weighted by atomic mass is 127. The van der Waals surface area contributed by atoms with Gasteiger partial charge in [-0.15, -0.1) is 0 Å². The topological polar surface area (TPSA) is 50.3 Å². The molecule has 1 aromatic rings. The van der Waals surface area contributed by atoms with Gasteiger partial charge in [-0.05, 0) is 29.0 Å². The molecule has 1 fully saturated rings. The molecule has 0 atom stereocenters. The van der Waals surface area contributed by atoms with E-state index in [1.165, 1.54) is 0 Å². The third kappa shape index (κ3) is 4.18. The summed E-state index contributed by atoms with van der Waals surface area (Å²) in [5.41, 5.74) is 1.11. The quantitative estimate of drug-likeness (QED) is 0.782. The highest BCUT2D eigenvalue weighted by Crippen LogP contribution is 2.31. The highest BCUT2D eigenvalue weighted by Gasteiger charge is 2.25. The summed E-state index contributed by atoms with van der Waals surface area (Å²) in [4.78, 5) is 11.8. The molecule has 1 N–H and O–H groups in total. The molecule has 1 aromatic heterocycles. The number of hydrogen-bond acceptors (Lipinski definition) is 5. The molecule has 1 aliphatic rings. The second-order valence-electron chi connectivity index (χ2n) is 6.31. The van der Waals surface area contributed by atoms with Crippen molar-refractivity contribution in [3.63, 3.8) is 0 Å². The first-order valence-corrected chi connectivity index (χ1v) is 8.66. The van der Waals surface area contributed by atoms with Gasteiger partial charge in [0.1, 0.15) is 5.82 Å². The number of morpholine rings is 1. The molecule has 21 heavy (non-hydrogen) atoms. The molecule has 0 aromatic carbocycles. The zero-order valence-electron chi connectivity index (χ0n) is 13.4. The van der Waals surface area contributed by atoms with E-state index in [0.717, 1.165) is 60.3 Å². The molecule has 0 spiro atoms. The van der Waals surface area contributed by atoms with Gasteiger partial charge in [-0.3, -0.25) is 0 Å². The number of nitrogens with zero attached hydrogens (tertiary/aromatic N) is 3. The van der Waals surface area contributed by atoms with E-state index in [9.17, 15) is 0 Å². The minimum Gasteiger partial charge on any atom is -0.378 e. The Bertz CT molecular complexity index is 481. The molecule has 118 valence electrons. The van der Waals surface area contributed by atoms with Gasteiger partial charge in [-0.2, -0.15) is 4.98 Å². The number of rotatable bonds is 4. The lowest BCUT2D eigenvalue weighted by Gasteiger charge is -2.29. The van der Waals surface area contributed by atoms with Crippen LogP contribution in [0.4, 0.5) is 11.8 Å². The van der Waals surface area contributed by atoms with Crippen LogP contribution >= 0.6 is 22.6 Å². The fraction of sp³-hybridized carbons (Fsp3) is 0.733. The van der Waals surface area contributed by atoms with E-state index < -0.39 is 0 Å². The van der Waals surface area contributed by atoms with E-state index in [1.807, 2.05) is 0 Å². The molecule has 1 saturated heterocycles. The lowest BCUT2D eigenvalue weighted by atomic mass is 9.92. The second kappa shape index (κ2) is 7.09. The predicted molar refractivity (Wildman–Crippen MR) is 95.3 cm³/mol. The molecule has 1 aliphatic heterocycles. The Morgan fingerprint density at radius 1 is 1.24 bits per heavy atom. The molecule has 0 aliphatic carbocycles. The molecule has 2 rings (SSSR count). The maximum absolute atomic E-state index is 5.42. The molecule has 6 heteroatoms. The highest BCUT2D eigenvalue weighted by molar-refractivity contribution is 14.1. The van der Waals surface area contributed by atoms with Crippen LogP contribution in [0.25, 0.3) is 0 Å². The summed E-state index contributed by atoms with van der Waals surface area (Å²) in [7, 11) is 0. The van der Waals surface area contributed by atoms with Crippen LogP contribution in [0, 0.1) is 3.57 Å². The van der Waals surface area contributed by atoms with Gasteiger partial charge in [-0.25, -0.2) is 4.98 Å². The van der Waals surface area contributed by atoms with Gasteiger partial charge >= 0.3 is 0 Å². The molecular weight excluding hydrogens is 379 g/mol. The van der Waals surface area contributed by atoms with E-state index in [2.05, 4.69) is 60.5 Å². The molecule has 0 saturated carbocycles. The van der Waals surface area contributed by atoms with Crippen LogP contribution in [0.5, 0.6) is 0 Å². The van der Waals surface area contributed by atoms with Gasteiger partial charge in [0.15, 0.2) is 0 Å².